The molecule has 4 nitrogen and oxygen atoms in total. The number of nitrogens with one attached hydrogen (secondary N) is 2. The van der Waals surface area contributed by atoms with E-state index in [0.717, 1.165) is 0 Å². The summed E-state index contributed by atoms with van der Waals surface area (Å²) in [6, 6.07) is 13.1. The molecule has 0 aliphatic rings. The van der Waals surface area contributed by atoms with Crippen molar-refractivity contribution in [1.82, 2.24) is 0 Å². The molecule has 2 aromatic carbocycles. The predicted octanol–water partition coefficient (Wildman–Crippen LogP) is 3.79. The van der Waals surface area contributed by atoms with E-state index >= 15 is 0 Å². The molecule has 0 saturated carbocycles. The Morgan fingerprint density at radius 3 is 2.77 bits per heavy atom. The monoisotopic (exact) mass is 317 g/mol. The summed E-state index contributed by atoms with van der Waals surface area (Å²) in [5.74, 6) is -0.765. The summed E-state index contributed by atoms with van der Waals surface area (Å²) < 4.78 is 13.0. The number of anilines is 2. The number of halogens is 2. The van der Waals surface area contributed by atoms with E-state index in [1.165, 1.54) is 18.2 Å². The number of hydrogen-bond acceptors (Lipinski definition) is 3. The molecule has 0 fully saturated rings. The molecule has 0 saturated heterocycles. The highest BCUT2D eigenvalue weighted by Gasteiger charge is 2.06. The number of hydrogen-bond donors (Lipinski definition) is 2. The lowest BCUT2D eigenvalue weighted by molar-refractivity contribution is -0.115. The highest BCUT2D eigenvalue weighted by molar-refractivity contribution is 6.31. The zero-order valence-electron chi connectivity index (χ0n) is 11.6. The fraction of sp³-hybridized carbons (Fsp3) is 0.125. The molecule has 0 aromatic heterocycles. The van der Waals surface area contributed by atoms with Gasteiger partial charge in [-0.2, -0.15) is 5.26 Å². The summed E-state index contributed by atoms with van der Waals surface area (Å²) in [6.07, 6.45) is 0.203. The third-order valence-corrected chi connectivity index (χ3v) is 3.21. The molecule has 0 radical (unpaired) electrons. The lowest BCUT2D eigenvalue weighted by atomic mass is 10.2. The van der Waals surface area contributed by atoms with Gasteiger partial charge >= 0.3 is 0 Å². The van der Waals surface area contributed by atoms with Crippen LogP contribution in [0, 0.1) is 17.1 Å². The summed E-state index contributed by atoms with van der Waals surface area (Å²) in [5.41, 5.74) is 1.64. The number of nitrogens with zero attached hydrogens (tertiary/aromatic N) is 1. The SMILES string of the molecule is N#Cc1ccccc1NCCC(=O)Nc1ccc(F)c(Cl)c1. The van der Waals surface area contributed by atoms with Gasteiger partial charge in [-0.15, -0.1) is 0 Å². The summed E-state index contributed by atoms with van der Waals surface area (Å²) in [5, 5.41) is 14.6. The van der Waals surface area contributed by atoms with Gasteiger partial charge in [0.25, 0.3) is 0 Å². The van der Waals surface area contributed by atoms with Crippen molar-refractivity contribution in [2.24, 2.45) is 0 Å². The normalized spacial score (nSPS) is 9.86. The quantitative estimate of drug-likeness (QED) is 0.881. The number of amides is 1. The lowest BCUT2D eigenvalue weighted by Crippen LogP contribution is -2.16. The highest BCUT2D eigenvalue weighted by atomic mass is 35.5. The van der Waals surface area contributed by atoms with Crippen LogP contribution < -0.4 is 10.6 Å². The number of carbonyl (C=O) groups is 1. The van der Waals surface area contributed by atoms with Gasteiger partial charge in [0.15, 0.2) is 0 Å². The molecule has 0 heterocycles. The summed E-state index contributed by atoms with van der Waals surface area (Å²) in [7, 11) is 0. The van der Waals surface area contributed by atoms with Crippen LogP contribution in [0.5, 0.6) is 0 Å². The first-order valence-electron chi connectivity index (χ1n) is 6.58. The van der Waals surface area contributed by atoms with Crippen LogP contribution >= 0.6 is 11.6 Å². The number of nitriles is 1. The minimum absolute atomic E-state index is 0.0427. The number of rotatable bonds is 5. The fourth-order valence-corrected chi connectivity index (χ4v) is 2.02. The number of benzene rings is 2. The smallest absolute Gasteiger partial charge is 0.226 e. The molecule has 0 atom stereocenters. The second-order valence-electron chi connectivity index (χ2n) is 4.51. The number of para-hydroxylation sites is 1. The van der Waals surface area contributed by atoms with Crippen LogP contribution in [0.4, 0.5) is 15.8 Å². The van der Waals surface area contributed by atoms with E-state index in [1.54, 1.807) is 18.2 Å². The Hall–Kier alpha value is -2.58. The van der Waals surface area contributed by atoms with Crippen molar-refractivity contribution >= 4 is 28.9 Å². The Morgan fingerprint density at radius 1 is 1.27 bits per heavy atom. The first-order chi connectivity index (χ1) is 10.6. The van der Waals surface area contributed by atoms with Crippen molar-refractivity contribution in [2.75, 3.05) is 17.2 Å². The van der Waals surface area contributed by atoms with Crippen LogP contribution in [0.2, 0.25) is 5.02 Å². The van der Waals surface area contributed by atoms with Crippen LogP contribution in [-0.2, 0) is 4.79 Å². The van der Waals surface area contributed by atoms with E-state index in [4.69, 9.17) is 16.9 Å². The Bertz CT molecular complexity index is 728. The van der Waals surface area contributed by atoms with E-state index in [9.17, 15) is 9.18 Å². The zero-order chi connectivity index (χ0) is 15.9. The average molecular weight is 318 g/mol. The fourth-order valence-electron chi connectivity index (χ4n) is 1.84. The summed E-state index contributed by atoms with van der Waals surface area (Å²) >= 11 is 5.65. The van der Waals surface area contributed by atoms with E-state index in [0.29, 0.717) is 23.5 Å². The van der Waals surface area contributed by atoms with Crippen molar-refractivity contribution in [3.8, 4) is 6.07 Å². The average Bonchev–Trinajstić information content (AvgIpc) is 2.51. The Balaban J connectivity index is 1.85. The molecule has 1 amide bonds. The summed E-state index contributed by atoms with van der Waals surface area (Å²) in [4.78, 5) is 11.8. The molecule has 6 heteroatoms. The molecular formula is C16H13ClFN3O. The molecule has 0 bridgehead atoms. The van der Waals surface area contributed by atoms with E-state index in [-0.39, 0.29) is 17.4 Å². The van der Waals surface area contributed by atoms with Crippen LogP contribution in [-0.4, -0.2) is 12.5 Å². The van der Waals surface area contributed by atoms with Gasteiger partial charge in [0.05, 0.1) is 16.3 Å². The third-order valence-electron chi connectivity index (χ3n) is 2.92. The summed E-state index contributed by atoms with van der Waals surface area (Å²) in [6.45, 7) is 0.374. The maximum absolute atomic E-state index is 13.0. The molecule has 0 aliphatic heterocycles. The maximum Gasteiger partial charge on any atom is 0.226 e. The topological polar surface area (TPSA) is 64.9 Å². The lowest BCUT2D eigenvalue weighted by Gasteiger charge is -2.09. The molecule has 112 valence electrons. The van der Waals surface area contributed by atoms with E-state index in [1.807, 2.05) is 6.07 Å². The molecular weight excluding hydrogens is 305 g/mol. The molecule has 2 N–H and O–H groups in total. The van der Waals surface area contributed by atoms with Gasteiger partial charge in [0.2, 0.25) is 5.91 Å². The van der Waals surface area contributed by atoms with Crippen molar-refractivity contribution in [1.29, 1.82) is 5.26 Å². The van der Waals surface area contributed by atoms with Crippen molar-refractivity contribution in [2.45, 2.75) is 6.42 Å². The van der Waals surface area contributed by atoms with Crippen LogP contribution in [0.15, 0.2) is 42.5 Å². The van der Waals surface area contributed by atoms with Gasteiger partial charge in [0.1, 0.15) is 11.9 Å². The van der Waals surface area contributed by atoms with Gasteiger partial charge in [-0.05, 0) is 30.3 Å². The van der Waals surface area contributed by atoms with Gasteiger partial charge in [0, 0.05) is 18.7 Å². The Kier molecular flexibility index (Phi) is 5.34. The minimum Gasteiger partial charge on any atom is -0.383 e. The van der Waals surface area contributed by atoms with E-state index < -0.39 is 5.82 Å². The molecule has 0 unspecified atom stereocenters. The molecule has 2 rings (SSSR count). The maximum atomic E-state index is 13.0. The number of carbonyl (C=O) groups excluding carboxylic acids is 1. The van der Waals surface area contributed by atoms with Crippen molar-refractivity contribution in [3.05, 3.63) is 58.9 Å². The van der Waals surface area contributed by atoms with Crippen molar-refractivity contribution < 1.29 is 9.18 Å². The molecule has 22 heavy (non-hydrogen) atoms. The first kappa shape index (κ1) is 15.8. The van der Waals surface area contributed by atoms with Gasteiger partial charge in [-0.1, -0.05) is 23.7 Å². The van der Waals surface area contributed by atoms with E-state index in [2.05, 4.69) is 16.7 Å². The van der Waals surface area contributed by atoms with Crippen molar-refractivity contribution in [3.63, 3.8) is 0 Å². The minimum atomic E-state index is -0.533. The zero-order valence-corrected chi connectivity index (χ0v) is 12.3. The highest BCUT2D eigenvalue weighted by Crippen LogP contribution is 2.19. The molecule has 0 spiro atoms. The van der Waals surface area contributed by atoms with Gasteiger partial charge in [-0.25, -0.2) is 4.39 Å². The van der Waals surface area contributed by atoms with Crippen LogP contribution in [0.25, 0.3) is 0 Å². The second-order valence-corrected chi connectivity index (χ2v) is 4.92. The first-order valence-corrected chi connectivity index (χ1v) is 6.96. The van der Waals surface area contributed by atoms with Crippen LogP contribution in [0.3, 0.4) is 0 Å². The van der Waals surface area contributed by atoms with Gasteiger partial charge < -0.3 is 10.6 Å². The Labute approximate surface area is 132 Å². The predicted molar refractivity (Wildman–Crippen MR) is 84.3 cm³/mol. The Morgan fingerprint density at radius 2 is 2.05 bits per heavy atom. The van der Waals surface area contributed by atoms with Gasteiger partial charge in [-0.3, -0.25) is 4.79 Å². The standard InChI is InChI=1S/C16H13ClFN3O/c17-13-9-12(5-6-14(13)18)21-16(22)7-8-20-15-4-2-1-3-11(15)10-19/h1-6,9,20H,7-8H2,(H,21,22). The van der Waals surface area contributed by atoms with Crippen LogP contribution in [0.1, 0.15) is 12.0 Å². The third kappa shape index (κ3) is 4.21. The molecule has 0 aliphatic carbocycles. The largest absolute Gasteiger partial charge is 0.383 e. The second kappa shape index (κ2) is 7.43. The molecule has 2 aromatic rings.